The molecule has 0 unspecified atom stereocenters. The van der Waals surface area contributed by atoms with Crippen molar-refractivity contribution in [3.05, 3.63) is 0 Å². The molecule has 0 aromatic rings. The van der Waals surface area contributed by atoms with Crippen molar-refractivity contribution < 1.29 is 15.3 Å². The Morgan fingerprint density at radius 3 is 2.35 bits per heavy atom. The Balaban J connectivity index is 1.62. The number of hydrogen-bond acceptors (Lipinski definition) is 3. The fraction of sp³-hybridized carbons (Fsp3) is 1.00. The number of fused-ring (bicyclic) bond motifs is 5. The van der Waals surface area contributed by atoms with Gasteiger partial charge in [-0.15, -0.1) is 0 Å². The SMILES string of the molecule is C[C@]12CC[C@H](O)C[C@@H]1CC[C@@H]1[C@@H]2CC[C@]2(C)[C@@H](O)[C@@H](CO)C[C@@H]12. The van der Waals surface area contributed by atoms with Gasteiger partial charge in [0.25, 0.3) is 0 Å². The van der Waals surface area contributed by atoms with Crippen molar-refractivity contribution in [3.63, 3.8) is 0 Å². The van der Waals surface area contributed by atoms with Gasteiger partial charge in [0.05, 0.1) is 12.2 Å². The summed E-state index contributed by atoms with van der Waals surface area (Å²) in [7, 11) is 0. The van der Waals surface area contributed by atoms with Crippen LogP contribution in [-0.2, 0) is 0 Å². The molecule has 0 radical (unpaired) electrons. The molecular formula is C20H34O3. The van der Waals surface area contributed by atoms with Crippen molar-refractivity contribution in [3.8, 4) is 0 Å². The highest BCUT2D eigenvalue weighted by molar-refractivity contribution is 5.11. The zero-order valence-electron chi connectivity index (χ0n) is 14.7. The van der Waals surface area contributed by atoms with E-state index < -0.39 is 0 Å². The van der Waals surface area contributed by atoms with Gasteiger partial charge in [-0.05, 0) is 85.9 Å². The second kappa shape index (κ2) is 5.44. The molecule has 3 nitrogen and oxygen atoms in total. The minimum absolute atomic E-state index is 0.0198. The highest BCUT2D eigenvalue weighted by Crippen LogP contribution is 2.66. The Bertz CT molecular complexity index is 466. The Morgan fingerprint density at radius 2 is 1.61 bits per heavy atom. The first-order chi connectivity index (χ1) is 10.9. The van der Waals surface area contributed by atoms with Crippen LogP contribution in [0.1, 0.15) is 65.2 Å². The van der Waals surface area contributed by atoms with E-state index in [-0.39, 0.29) is 30.1 Å². The molecule has 0 bridgehead atoms. The highest BCUT2D eigenvalue weighted by atomic mass is 16.3. The molecule has 0 aliphatic heterocycles. The van der Waals surface area contributed by atoms with Gasteiger partial charge in [-0.2, -0.15) is 0 Å². The van der Waals surface area contributed by atoms with E-state index in [4.69, 9.17) is 0 Å². The van der Waals surface area contributed by atoms with Gasteiger partial charge in [0, 0.05) is 12.5 Å². The molecule has 0 heterocycles. The maximum absolute atomic E-state index is 10.8. The first kappa shape index (κ1) is 16.4. The monoisotopic (exact) mass is 322 g/mol. The lowest BCUT2D eigenvalue weighted by Crippen LogP contribution is -2.54. The van der Waals surface area contributed by atoms with Crippen LogP contribution in [-0.4, -0.2) is 34.1 Å². The average molecular weight is 322 g/mol. The van der Waals surface area contributed by atoms with Crippen LogP contribution < -0.4 is 0 Å². The van der Waals surface area contributed by atoms with Crippen molar-refractivity contribution in [1.82, 2.24) is 0 Å². The predicted molar refractivity (Wildman–Crippen MR) is 89.7 cm³/mol. The summed E-state index contributed by atoms with van der Waals surface area (Å²) < 4.78 is 0. The summed E-state index contributed by atoms with van der Waals surface area (Å²) in [6.07, 6.45) is 8.63. The summed E-state index contributed by atoms with van der Waals surface area (Å²) in [6, 6.07) is 0. The molecule has 0 spiro atoms. The second-order valence-corrected chi connectivity index (χ2v) is 9.75. The van der Waals surface area contributed by atoms with Crippen molar-refractivity contribution >= 4 is 0 Å². The fourth-order valence-electron chi connectivity index (χ4n) is 7.56. The highest BCUT2D eigenvalue weighted by Gasteiger charge is 2.61. The summed E-state index contributed by atoms with van der Waals surface area (Å²) in [4.78, 5) is 0. The van der Waals surface area contributed by atoms with Gasteiger partial charge in [0.2, 0.25) is 0 Å². The Hall–Kier alpha value is -0.120. The molecular weight excluding hydrogens is 288 g/mol. The largest absolute Gasteiger partial charge is 0.396 e. The van der Waals surface area contributed by atoms with Gasteiger partial charge in [-0.1, -0.05) is 13.8 Å². The van der Waals surface area contributed by atoms with Crippen LogP contribution in [0.15, 0.2) is 0 Å². The van der Waals surface area contributed by atoms with E-state index in [1.54, 1.807) is 0 Å². The van der Waals surface area contributed by atoms with Gasteiger partial charge in [-0.25, -0.2) is 0 Å². The van der Waals surface area contributed by atoms with E-state index in [0.29, 0.717) is 17.3 Å². The molecule has 4 aliphatic carbocycles. The van der Waals surface area contributed by atoms with Gasteiger partial charge in [0.1, 0.15) is 0 Å². The lowest BCUT2D eigenvalue weighted by atomic mass is 9.45. The molecule has 0 amide bonds. The van der Waals surface area contributed by atoms with E-state index >= 15 is 0 Å². The summed E-state index contributed by atoms with van der Waals surface area (Å²) in [5.74, 6) is 2.84. The Morgan fingerprint density at radius 1 is 0.870 bits per heavy atom. The molecule has 0 aromatic carbocycles. The molecule has 3 N–H and O–H groups in total. The maximum Gasteiger partial charge on any atom is 0.0646 e. The van der Waals surface area contributed by atoms with Crippen molar-refractivity contribution in [2.45, 2.75) is 77.4 Å². The average Bonchev–Trinajstić information content (AvgIpc) is 2.79. The zero-order chi connectivity index (χ0) is 16.4. The lowest BCUT2D eigenvalue weighted by molar-refractivity contribution is -0.134. The van der Waals surface area contributed by atoms with Gasteiger partial charge >= 0.3 is 0 Å². The maximum atomic E-state index is 10.8. The molecule has 3 heteroatoms. The van der Waals surface area contributed by atoms with Crippen LogP contribution in [0.3, 0.4) is 0 Å². The molecule has 0 saturated heterocycles. The number of rotatable bonds is 1. The minimum Gasteiger partial charge on any atom is -0.396 e. The Labute approximate surface area is 140 Å². The van der Waals surface area contributed by atoms with Crippen LogP contribution >= 0.6 is 0 Å². The molecule has 23 heavy (non-hydrogen) atoms. The van der Waals surface area contributed by atoms with Gasteiger partial charge in [-0.3, -0.25) is 0 Å². The first-order valence-corrected chi connectivity index (χ1v) is 9.87. The van der Waals surface area contributed by atoms with Crippen LogP contribution in [0.5, 0.6) is 0 Å². The fourth-order valence-corrected chi connectivity index (χ4v) is 7.56. The quantitative estimate of drug-likeness (QED) is 0.695. The van der Waals surface area contributed by atoms with Crippen molar-refractivity contribution in [2.75, 3.05) is 6.61 Å². The third kappa shape index (κ3) is 2.19. The second-order valence-electron chi connectivity index (χ2n) is 9.75. The predicted octanol–water partition coefficient (Wildman–Crippen LogP) is 2.97. The molecule has 4 saturated carbocycles. The third-order valence-corrected chi connectivity index (χ3v) is 8.99. The van der Waals surface area contributed by atoms with Gasteiger partial charge < -0.3 is 15.3 Å². The number of aliphatic hydroxyl groups is 3. The number of aliphatic hydroxyl groups excluding tert-OH is 3. The summed E-state index contributed by atoms with van der Waals surface area (Å²) in [6.45, 7) is 4.92. The molecule has 4 aliphatic rings. The molecule has 132 valence electrons. The van der Waals surface area contributed by atoms with E-state index in [9.17, 15) is 15.3 Å². The van der Waals surface area contributed by atoms with E-state index in [0.717, 1.165) is 37.5 Å². The smallest absolute Gasteiger partial charge is 0.0646 e. The summed E-state index contributed by atoms with van der Waals surface area (Å²) in [5.41, 5.74) is 0.414. The van der Waals surface area contributed by atoms with Crippen molar-refractivity contribution in [1.29, 1.82) is 0 Å². The molecule has 4 fully saturated rings. The van der Waals surface area contributed by atoms with Crippen molar-refractivity contribution in [2.24, 2.45) is 40.4 Å². The Kier molecular flexibility index (Phi) is 3.87. The molecule has 9 atom stereocenters. The van der Waals surface area contributed by atoms with Gasteiger partial charge in [0.15, 0.2) is 0 Å². The third-order valence-electron chi connectivity index (χ3n) is 8.99. The summed E-state index contributed by atoms with van der Waals surface area (Å²) >= 11 is 0. The minimum atomic E-state index is -0.322. The normalized spacial score (nSPS) is 59.1. The zero-order valence-corrected chi connectivity index (χ0v) is 14.7. The van der Waals surface area contributed by atoms with E-state index in [1.807, 2.05) is 0 Å². The van der Waals surface area contributed by atoms with Crippen LogP contribution in [0.2, 0.25) is 0 Å². The molecule has 0 aromatic heterocycles. The lowest BCUT2D eigenvalue weighted by Gasteiger charge is -2.60. The molecule has 4 rings (SSSR count). The van der Waals surface area contributed by atoms with Crippen LogP contribution in [0, 0.1) is 40.4 Å². The van der Waals surface area contributed by atoms with Crippen LogP contribution in [0.25, 0.3) is 0 Å². The van der Waals surface area contributed by atoms with E-state index in [2.05, 4.69) is 13.8 Å². The number of hydrogen-bond donors (Lipinski definition) is 3. The standard InChI is InChI=1S/C20H34O3/c1-19-7-5-14(22)10-13(19)3-4-15-16(19)6-8-20(2)17(15)9-12(11-21)18(20)23/h12-18,21-23H,3-11H2,1-2H3/t12-,13+,14+,15-,16+,17+,18+,19+,20+/m1/s1. The van der Waals surface area contributed by atoms with E-state index in [1.165, 1.54) is 25.7 Å². The summed E-state index contributed by atoms with van der Waals surface area (Å²) in [5, 5.41) is 30.5. The topological polar surface area (TPSA) is 60.7 Å². The first-order valence-electron chi connectivity index (χ1n) is 9.87. The van der Waals surface area contributed by atoms with Crippen LogP contribution in [0.4, 0.5) is 0 Å².